The number of hydrogen-bond donors (Lipinski definition) is 1. The van der Waals surface area contributed by atoms with Crippen molar-refractivity contribution < 1.29 is 17.9 Å². The number of hydrogen-bond acceptors (Lipinski definition) is 6. The summed E-state index contributed by atoms with van der Waals surface area (Å²) in [7, 11) is 1.38. The van der Waals surface area contributed by atoms with Crippen molar-refractivity contribution in [2.45, 2.75) is 30.2 Å². The predicted octanol–water partition coefficient (Wildman–Crippen LogP) is 1.96. The lowest BCUT2D eigenvalue weighted by Gasteiger charge is -2.20. The Morgan fingerprint density at radius 2 is 2.03 bits per heavy atom. The minimum Gasteiger partial charge on any atom is -0.383 e. The zero-order valence-corrected chi connectivity index (χ0v) is 19.1. The van der Waals surface area contributed by atoms with Gasteiger partial charge in [-0.2, -0.15) is 0 Å². The van der Waals surface area contributed by atoms with Crippen molar-refractivity contribution in [2.75, 3.05) is 33.6 Å². The normalized spacial score (nSPS) is 14.5. The van der Waals surface area contributed by atoms with E-state index in [1.54, 1.807) is 14.2 Å². The van der Waals surface area contributed by atoms with Crippen molar-refractivity contribution in [3.8, 4) is 0 Å². The molecule has 2 aromatic rings. The van der Waals surface area contributed by atoms with Crippen LogP contribution in [0.25, 0.3) is 0 Å². The second kappa shape index (κ2) is 8.66. The van der Waals surface area contributed by atoms with Gasteiger partial charge in [-0.05, 0) is 32.0 Å². The molecule has 0 aliphatic heterocycles. The van der Waals surface area contributed by atoms with E-state index in [1.807, 2.05) is 11.9 Å². The lowest BCUT2D eigenvalue weighted by molar-refractivity contribution is 0.103. The maximum absolute atomic E-state index is 13.3. The van der Waals surface area contributed by atoms with Crippen LogP contribution in [0.2, 0.25) is 5.02 Å². The van der Waals surface area contributed by atoms with Crippen molar-refractivity contribution in [1.82, 2.24) is 14.7 Å². The Morgan fingerprint density at radius 3 is 2.60 bits per heavy atom. The summed E-state index contributed by atoms with van der Waals surface area (Å²) in [6.45, 7) is 1.23. The molecule has 0 spiro atoms. The van der Waals surface area contributed by atoms with Crippen molar-refractivity contribution in [3.05, 3.63) is 49.9 Å². The first-order valence-corrected chi connectivity index (χ1v) is 11.9. The molecule has 0 unspecified atom stereocenters. The predicted molar refractivity (Wildman–Crippen MR) is 114 cm³/mol. The molecule has 1 aliphatic rings. The van der Waals surface area contributed by atoms with E-state index in [0.717, 1.165) is 19.1 Å². The van der Waals surface area contributed by atoms with Gasteiger partial charge >= 0.3 is 0 Å². The molecule has 1 N–H and O–H groups in total. The van der Waals surface area contributed by atoms with Crippen LogP contribution in [0.1, 0.15) is 45.9 Å². The molecule has 1 fully saturated rings. The van der Waals surface area contributed by atoms with Crippen LogP contribution in [0.15, 0.2) is 21.8 Å². The van der Waals surface area contributed by atoms with Gasteiger partial charge in [-0.25, -0.2) is 8.42 Å². The van der Waals surface area contributed by atoms with Crippen molar-refractivity contribution in [2.24, 2.45) is 7.05 Å². The number of sulfone groups is 1. The lowest BCUT2D eigenvalue weighted by atomic mass is 9.99. The monoisotopic (exact) mass is 455 g/mol. The van der Waals surface area contributed by atoms with E-state index in [4.69, 9.17) is 16.3 Å². The number of H-pyrrole nitrogens is 1. The molecule has 3 rings (SSSR count). The summed E-state index contributed by atoms with van der Waals surface area (Å²) in [6, 6.07) is 2.78. The molecule has 0 amide bonds. The smallest absolute Gasteiger partial charge is 0.277 e. The largest absolute Gasteiger partial charge is 0.383 e. The van der Waals surface area contributed by atoms with Crippen LogP contribution < -0.4 is 5.56 Å². The van der Waals surface area contributed by atoms with Crippen molar-refractivity contribution in [1.29, 1.82) is 0 Å². The summed E-state index contributed by atoms with van der Waals surface area (Å²) in [6.07, 6.45) is 2.93. The van der Waals surface area contributed by atoms with Gasteiger partial charge in [-0.1, -0.05) is 11.6 Å². The molecular weight excluding hydrogens is 430 g/mol. The van der Waals surface area contributed by atoms with Crippen LogP contribution in [-0.4, -0.2) is 62.4 Å². The van der Waals surface area contributed by atoms with Crippen LogP contribution >= 0.6 is 11.6 Å². The fourth-order valence-electron chi connectivity index (χ4n) is 3.46. The van der Waals surface area contributed by atoms with Crippen LogP contribution in [0, 0.1) is 0 Å². The Kier molecular flexibility index (Phi) is 6.57. The number of ether oxygens (including phenoxy) is 1. The number of carbonyl (C=O) groups excluding carboxylic acids is 1. The lowest BCUT2D eigenvalue weighted by Crippen LogP contribution is -2.24. The van der Waals surface area contributed by atoms with Crippen LogP contribution in [0.5, 0.6) is 0 Å². The summed E-state index contributed by atoms with van der Waals surface area (Å²) < 4.78 is 31.0. The quantitative estimate of drug-likeness (QED) is 0.580. The molecular formula is C20H26ClN3O5S. The molecule has 0 bridgehead atoms. The molecule has 10 heteroatoms. The fraction of sp³-hybridized carbons (Fsp3) is 0.500. The molecule has 0 radical (unpaired) electrons. The average molecular weight is 456 g/mol. The van der Waals surface area contributed by atoms with Gasteiger partial charge in [0, 0.05) is 50.5 Å². The maximum Gasteiger partial charge on any atom is 0.277 e. The van der Waals surface area contributed by atoms with Crippen LogP contribution in [0.3, 0.4) is 0 Å². The summed E-state index contributed by atoms with van der Waals surface area (Å²) in [4.78, 5) is 27.9. The summed E-state index contributed by atoms with van der Waals surface area (Å²) in [5.74, 6) is -0.337. The maximum atomic E-state index is 13.3. The van der Waals surface area contributed by atoms with Gasteiger partial charge in [0.2, 0.25) is 5.78 Å². The standard InChI is InChI=1S/C20H26ClN3O5S/c1-23(9-10-29-3)11-14-15(30(4,27)28)8-7-13(17(14)21)19(25)16-18(12-5-6-12)22-24(2)20(16)26/h7-8,12,22H,5-6,9-11H2,1-4H3. The Morgan fingerprint density at radius 1 is 1.37 bits per heavy atom. The van der Waals surface area contributed by atoms with Crippen LogP contribution in [0.4, 0.5) is 0 Å². The number of halogens is 1. The molecule has 8 nitrogen and oxygen atoms in total. The SMILES string of the molecule is COCCN(C)Cc1c(S(C)(=O)=O)ccc(C(=O)c2c(C3CC3)[nH]n(C)c2=O)c1Cl. The van der Waals surface area contributed by atoms with E-state index in [9.17, 15) is 18.0 Å². The number of rotatable bonds is 9. The third-order valence-corrected chi connectivity index (χ3v) is 6.85. The van der Waals surface area contributed by atoms with E-state index in [2.05, 4.69) is 5.10 Å². The van der Waals surface area contributed by atoms with E-state index >= 15 is 0 Å². The summed E-state index contributed by atoms with van der Waals surface area (Å²) in [5, 5.41) is 3.03. The Labute approximate surface area is 180 Å². The molecule has 0 atom stereocenters. The first-order chi connectivity index (χ1) is 14.1. The molecule has 1 aromatic carbocycles. The highest BCUT2D eigenvalue weighted by Gasteiger charge is 2.34. The number of nitrogens with zero attached hydrogens (tertiary/aromatic N) is 2. The molecule has 1 aliphatic carbocycles. The van der Waals surface area contributed by atoms with E-state index in [-0.39, 0.29) is 33.5 Å². The van der Waals surface area contributed by atoms with Gasteiger partial charge in [-0.3, -0.25) is 24.3 Å². The molecule has 1 aromatic heterocycles. The number of carbonyl (C=O) groups is 1. The number of aromatic nitrogens is 2. The van der Waals surface area contributed by atoms with Gasteiger partial charge in [-0.15, -0.1) is 0 Å². The third-order valence-electron chi connectivity index (χ3n) is 5.24. The van der Waals surface area contributed by atoms with Gasteiger partial charge in [0.15, 0.2) is 9.84 Å². The van der Waals surface area contributed by atoms with Crippen LogP contribution in [-0.2, 0) is 28.2 Å². The fourth-order valence-corrected chi connectivity index (χ4v) is 4.76. The molecule has 0 saturated heterocycles. The molecule has 1 saturated carbocycles. The minimum atomic E-state index is -3.57. The van der Waals surface area contributed by atoms with Gasteiger partial charge in [0.25, 0.3) is 5.56 Å². The number of likely N-dealkylation sites (N-methyl/N-ethyl adjacent to an activating group) is 1. The molecule has 164 valence electrons. The highest BCUT2D eigenvalue weighted by Crippen LogP contribution is 2.41. The zero-order chi connectivity index (χ0) is 22.2. The Balaban J connectivity index is 2.10. The van der Waals surface area contributed by atoms with Gasteiger partial charge in [0.05, 0.1) is 22.2 Å². The topological polar surface area (TPSA) is 101 Å². The highest BCUT2D eigenvalue weighted by atomic mass is 35.5. The molecule has 30 heavy (non-hydrogen) atoms. The zero-order valence-electron chi connectivity index (χ0n) is 17.5. The Hall–Kier alpha value is -1.94. The summed E-state index contributed by atoms with van der Waals surface area (Å²) >= 11 is 6.59. The first kappa shape index (κ1) is 22.7. The highest BCUT2D eigenvalue weighted by molar-refractivity contribution is 7.90. The number of ketones is 1. The van der Waals surface area contributed by atoms with E-state index < -0.39 is 21.2 Å². The van der Waals surface area contributed by atoms with Crippen molar-refractivity contribution >= 4 is 27.2 Å². The second-order valence-electron chi connectivity index (χ2n) is 7.77. The second-order valence-corrected chi connectivity index (χ2v) is 10.1. The average Bonchev–Trinajstić information content (AvgIpc) is 3.46. The first-order valence-electron chi connectivity index (χ1n) is 9.58. The number of benzene rings is 1. The summed E-state index contributed by atoms with van der Waals surface area (Å²) in [5.41, 5.74) is 0.743. The van der Waals surface area contributed by atoms with Crippen molar-refractivity contribution in [3.63, 3.8) is 0 Å². The number of aromatic amines is 1. The van der Waals surface area contributed by atoms with E-state index in [1.165, 1.54) is 16.8 Å². The minimum absolute atomic E-state index is 0.0530. The third kappa shape index (κ3) is 4.54. The van der Waals surface area contributed by atoms with E-state index in [0.29, 0.717) is 24.4 Å². The molecule has 1 heterocycles. The number of nitrogens with one attached hydrogen (secondary N) is 1. The van der Waals surface area contributed by atoms with Gasteiger partial charge < -0.3 is 4.74 Å². The number of aryl methyl sites for hydroxylation is 1. The Bertz CT molecular complexity index is 1130. The number of methoxy groups -OCH3 is 1. The van der Waals surface area contributed by atoms with Gasteiger partial charge in [0.1, 0.15) is 5.56 Å².